The fourth-order valence-corrected chi connectivity index (χ4v) is 1.66. The van der Waals surface area contributed by atoms with Crippen molar-refractivity contribution in [2.24, 2.45) is 0 Å². The molecular weight excluding hydrogens is 200 g/mol. The third-order valence-electron chi connectivity index (χ3n) is 2.65. The first-order valence-corrected chi connectivity index (χ1v) is 5.92. The smallest absolute Gasteiger partial charge is 0.122 e. The van der Waals surface area contributed by atoms with Crippen LogP contribution in [-0.4, -0.2) is 15.6 Å². The summed E-state index contributed by atoms with van der Waals surface area (Å²) in [5.41, 5.74) is 0. The molecule has 4 nitrogen and oxygen atoms in total. The Labute approximate surface area is 97.3 Å². The Morgan fingerprint density at radius 3 is 3.00 bits per heavy atom. The number of hydrogen-bond acceptors (Lipinski definition) is 3. The summed E-state index contributed by atoms with van der Waals surface area (Å²) in [7, 11) is 0. The third-order valence-corrected chi connectivity index (χ3v) is 2.65. The zero-order valence-corrected chi connectivity index (χ0v) is 10.1. The Bertz CT molecular complexity index is 337. The maximum absolute atomic E-state index is 8.65. The molecule has 1 aromatic heterocycles. The van der Waals surface area contributed by atoms with Gasteiger partial charge in [-0.2, -0.15) is 5.26 Å². The Morgan fingerprint density at radius 2 is 2.38 bits per heavy atom. The van der Waals surface area contributed by atoms with E-state index in [9.17, 15) is 0 Å². The van der Waals surface area contributed by atoms with Gasteiger partial charge in [-0.05, 0) is 12.8 Å². The lowest BCUT2D eigenvalue weighted by atomic mass is 10.2. The van der Waals surface area contributed by atoms with E-state index in [-0.39, 0.29) is 6.04 Å². The lowest BCUT2D eigenvalue weighted by Crippen LogP contribution is -2.28. The minimum atomic E-state index is 0.275. The van der Waals surface area contributed by atoms with E-state index in [2.05, 4.69) is 34.8 Å². The fourth-order valence-electron chi connectivity index (χ4n) is 1.66. The van der Waals surface area contributed by atoms with Gasteiger partial charge in [0.15, 0.2) is 0 Å². The summed E-state index contributed by atoms with van der Waals surface area (Å²) in [6, 6.07) is 2.47. The molecule has 0 aromatic carbocycles. The van der Waals surface area contributed by atoms with E-state index >= 15 is 0 Å². The molecule has 0 spiro atoms. The molecule has 0 saturated heterocycles. The molecule has 0 fully saturated rings. The van der Waals surface area contributed by atoms with Crippen molar-refractivity contribution in [1.29, 1.82) is 5.26 Å². The highest BCUT2D eigenvalue weighted by Crippen LogP contribution is 2.02. The van der Waals surface area contributed by atoms with Crippen molar-refractivity contribution < 1.29 is 0 Å². The van der Waals surface area contributed by atoms with Crippen LogP contribution in [0.15, 0.2) is 12.4 Å². The highest BCUT2D eigenvalue weighted by molar-refractivity contribution is 4.93. The summed E-state index contributed by atoms with van der Waals surface area (Å²) in [6.07, 6.45) is 6.48. The summed E-state index contributed by atoms with van der Waals surface area (Å²) < 4.78 is 2.16. The second-order valence-electron chi connectivity index (χ2n) is 3.89. The van der Waals surface area contributed by atoms with E-state index < -0.39 is 0 Å². The maximum Gasteiger partial charge on any atom is 0.122 e. The normalized spacial score (nSPS) is 12.3. The Balaban J connectivity index is 2.46. The maximum atomic E-state index is 8.65. The predicted molar refractivity (Wildman–Crippen MR) is 63.7 cm³/mol. The number of rotatable bonds is 7. The van der Waals surface area contributed by atoms with Crippen LogP contribution in [0.2, 0.25) is 0 Å². The van der Waals surface area contributed by atoms with Gasteiger partial charge in [-0.25, -0.2) is 4.98 Å². The summed E-state index contributed by atoms with van der Waals surface area (Å²) in [6.45, 7) is 5.99. The largest absolute Gasteiger partial charge is 0.334 e. The zero-order valence-electron chi connectivity index (χ0n) is 10.1. The predicted octanol–water partition coefficient (Wildman–Crippen LogP) is 2.07. The van der Waals surface area contributed by atoms with E-state index in [0.29, 0.717) is 6.42 Å². The Hall–Kier alpha value is -1.34. The first-order valence-electron chi connectivity index (χ1n) is 5.92. The van der Waals surface area contributed by atoms with Crippen LogP contribution in [0.1, 0.15) is 38.9 Å². The van der Waals surface area contributed by atoms with Gasteiger partial charge in [0.05, 0.1) is 19.0 Å². The van der Waals surface area contributed by atoms with Crippen molar-refractivity contribution in [2.75, 3.05) is 0 Å². The van der Waals surface area contributed by atoms with Crippen LogP contribution < -0.4 is 5.32 Å². The van der Waals surface area contributed by atoms with Gasteiger partial charge in [-0.15, -0.1) is 0 Å². The van der Waals surface area contributed by atoms with Gasteiger partial charge in [0.2, 0.25) is 0 Å². The molecule has 1 atom stereocenters. The van der Waals surface area contributed by atoms with Crippen molar-refractivity contribution >= 4 is 0 Å². The third kappa shape index (κ3) is 3.67. The molecule has 0 radical (unpaired) electrons. The highest BCUT2D eigenvalue weighted by Gasteiger charge is 2.07. The van der Waals surface area contributed by atoms with Crippen LogP contribution in [0.5, 0.6) is 0 Å². The summed E-state index contributed by atoms with van der Waals surface area (Å²) >= 11 is 0. The average molecular weight is 220 g/mol. The summed E-state index contributed by atoms with van der Waals surface area (Å²) in [5.74, 6) is 1.05. The summed E-state index contributed by atoms with van der Waals surface area (Å²) in [4.78, 5) is 4.32. The zero-order chi connectivity index (χ0) is 11.8. The molecule has 1 rings (SSSR count). The van der Waals surface area contributed by atoms with Gasteiger partial charge >= 0.3 is 0 Å². The highest BCUT2D eigenvalue weighted by atomic mass is 15.1. The molecule has 88 valence electrons. The lowest BCUT2D eigenvalue weighted by Gasteiger charge is -2.13. The van der Waals surface area contributed by atoms with Gasteiger partial charge in [0.1, 0.15) is 5.82 Å². The van der Waals surface area contributed by atoms with Crippen LogP contribution >= 0.6 is 0 Å². The average Bonchev–Trinajstić information content (AvgIpc) is 2.72. The number of nitrogens with one attached hydrogen (secondary N) is 1. The molecule has 0 saturated carbocycles. The van der Waals surface area contributed by atoms with Gasteiger partial charge < -0.3 is 9.88 Å². The molecule has 1 unspecified atom stereocenters. The number of nitrogens with zero attached hydrogens (tertiary/aromatic N) is 3. The van der Waals surface area contributed by atoms with Gasteiger partial charge in [-0.1, -0.05) is 13.8 Å². The molecule has 1 aromatic rings. The van der Waals surface area contributed by atoms with E-state index in [0.717, 1.165) is 31.8 Å². The fraction of sp³-hybridized carbons (Fsp3) is 0.667. The molecule has 0 bridgehead atoms. The molecular formula is C12H20N4. The van der Waals surface area contributed by atoms with Crippen LogP contribution in [0.25, 0.3) is 0 Å². The molecule has 16 heavy (non-hydrogen) atoms. The van der Waals surface area contributed by atoms with E-state index in [1.807, 2.05) is 12.4 Å². The van der Waals surface area contributed by atoms with Crippen molar-refractivity contribution in [3.8, 4) is 6.07 Å². The van der Waals surface area contributed by atoms with E-state index in [4.69, 9.17) is 5.26 Å². The van der Waals surface area contributed by atoms with Gasteiger partial charge in [0, 0.05) is 25.0 Å². The molecule has 1 heterocycles. The molecule has 0 aliphatic rings. The number of hydrogen-bond donors (Lipinski definition) is 1. The number of aromatic nitrogens is 2. The standard InChI is InChI=1S/C12H20N4/c1-3-8-16-9-7-14-12(16)10-15-11(4-2)5-6-13/h7,9,11,15H,3-5,8,10H2,1-2H3. The van der Waals surface area contributed by atoms with Crippen molar-refractivity contribution in [1.82, 2.24) is 14.9 Å². The van der Waals surface area contributed by atoms with Crippen molar-refractivity contribution in [3.05, 3.63) is 18.2 Å². The molecule has 0 aliphatic heterocycles. The van der Waals surface area contributed by atoms with E-state index in [1.165, 1.54) is 0 Å². The van der Waals surface area contributed by atoms with Crippen LogP contribution in [-0.2, 0) is 13.1 Å². The second kappa shape index (κ2) is 7.02. The summed E-state index contributed by atoms with van der Waals surface area (Å²) in [5, 5.41) is 12.0. The van der Waals surface area contributed by atoms with Crippen LogP contribution in [0.3, 0.4) is 0 Å². The SMILES string of the molecule is CCCn1ccnc1CNC(CC)CC#N. The topological polar surface area (TPSA) is 53.6 Å². The minimum absolute atomic E-state index is 0.275. The number of imidazole rings is 1. The van der Waals surface area contributed by atoms with Crippen LogP contribution in [0.4, 0.5) is 0 Å². The van der Waals surface area contributed by atoms with Crippen molar-refractivity contribution in [3.63, 3.8) is 0 Å². The quantitative estimate of drug-likeness (QED) is 0.765. The molecule has 0 amide bonds. The Kier molecular flexibility index (Phi) is 5.58. The minimum Gasteiger partial charge on any atom is -0.334 e. The van der Waals surface area contributed by atoms with Crippen LogP contribution in [0, 0.1) is 11.3 Å². The van der Waals surface area contributed by atoms with Gasteiger partial charge in [-0.3, -0.25) is 0 Å². The molecule has 4 heteroatoms. The molecule has 0 aliphatic carbocycles. The Morgan fingerprint density at radius 1 is 1.56 bits per heavy atom. The van der Waals surface area contributed by atoms with Crippen molar-refractivity contribution in [2.45, 2.75) is 52.2 Å². The first-order chi connectivity index (χ1) is 7.81. The number of aryl methyl sites for hydroxylation is 1. The van der Waals surface area contributed by atoms with E-state index in [1.54, 1.807) is 0 Å². The van der Waals surface area contributed by atoms with Gasteiger partial charge in [0.25, 0.3) is 0 Å². The number of nitriles is 1. The monoisotopic (exact) mass is 220 g/mol. The lowest BCUT2D eigenvalue weighted by molar-refractivity contribution is 0.483. The molecule has 1 N–H and O–H groups in total. The first kappa shape index (κ1) is 12.7. The second-order valence-corrected chi connectivity index (χ2v) is 3.89.